The van der Waals surface area contributed by atoms with Gasteiger partial charge in [0.05, 0.1) is 6.04 Å². The van der Waals surface area contributed by atoms with Crippen LogP contribution in [0.3, 0.4) is 0 Å². The van der Waals surface area contributed by atoms with E-state index in [1.165, 1.54) is 5.06 Å². The lowest BCUT2D eigenvalue weighted by Gasteiger charge is -2.37. The molecule has 0 heterocycles. The Morgan fingerprint density at radius 1 is 1.18 bits per heavy atom. The first-order valence-electron chi connectivity index (χ1n) is 6.39. The lowest BCUT2D eigenvalue weighted by molar-refractivity contribution is -0.251. The number of rotatable bonds is 4. The van der Waals surface area contributed by atoms with Crippen molar-refractivity contribution in [3.05, 3.63) is 35.9 Å². The first kappa shape index (κ1) is 14.2. The molecular weight excluding hydrogens is 210 g/mol. The van der Waals surface area contributed by atoms with Gasteiger partial charge in [0.15, 0.2) is 0 Å². The van der Waals surface area contributed by atoms with Gasteiger partial charge in [0.25, 0.3) is 0 Å². The van der Waals surface area contributed by atoms with E-state index < -0.39 is 0 Å². The lowest BCUT2D eigenvalue weighted by Crippen LogP contribution is -2.42. The van der Waals surface area contributed by atoms with Crippen LogP contribution in [0.2, 0.25) is 0 Å². The Balaban J connectivity index is 3.05. The maximum Gasteiger partial charge on any atom is 0.0664 e. The second-order valence-electron chi connectivity index (χ2n) is 5.74. The summed E-state index contributed by atoms with van der Waals surface area (Å²) in [5.41, 5.74) is 0.760. The van der Waals surface area contributed by atoms with Crippen LogP contribution < -0.4 is 0 Å². The van der Waals surface area contributed by atoms with Gasteiger partial charge in [0.2, 0.25) is 0 Å². The predicted octanol–water partition coefficient (Wildman–Crippen LogP) is 4.22. The van der Waals surface area contributed by atoms with Crippen molar-refractivity contribution >= 4 is 0 Å². The van der Waals surface area contributed by atoms with E-state index in [1.54, 1.807) is 0 Å². The molecule has 2 atom stereocenters. The van der Waals surface area contributed by atoms with E-state index in [9.17, 15) is 5.21 Å². The molecule has 1 rings (SSSR count). The van der Waals surface area contributed by atoms with Gasteiger partial charge in [-0.1, -0.05) is 50.6 Å². The quantitative estimate of drug-likeness (QED) is 0.715. The maximum atomic E-state index is 12.5. The summed E-state index contributed by atoms with van der Waals surface area (Å²) in [6, 6.07) is 10.0. The molecule has 0 saturated carbocycles. The van der Waals surface area contributed by atoms with Crippen LogP contribution in [0.4, 0.5) is 0 Å². The van der Waals surface area contributed by atoms with Crippen LogP contribution in [0.25, 0.3) is 0 Å². The van der Waals surface area contributed by atoms with Gasteiger partial charge in [-0.3, -0.25) is 0 Å². The molecule has 2 unspecified atom stereocenters. The topological polar surface area (TPSA) is 23.1 Å². The Kier molecular flexibility index (Phi) is 4.72. The monoisotopic (exact) mass is 234 g/mol. The molecule has 95 valence electrons. The third-order valence-electron chi connectivity index (χ3n) is 3.24. The van der Waals surface area contributed by atoms with Crippen molar-refractivity contribution in [2.45, 2.75) is 52.6 Å². The van der Waals surface area contributed by atoms with Gasteiger partial charge in [-0.05, 0) is 32.3 Å². The van der Waals surface area contributed by atoms with Gasteiger partial charge in [0, 0.05) is 5.54 Å². The van der Waals surface area contributed by atoms with Gasteiger partial charge in [-0.2, -0.15) is 0 Å². The zero-order valence-electron chi connectivity index (χ0n) is 11.6. The van der Waals surface area contributed by atoms with E-state index in [0.29, 0.717) is 5.92 Å². The highest BCUT2D eigenvalue weighted by Gasteiger charge is 2.33. The van der Waals surface area contributed by atoms with Crippen LogP contribution >= 0.6 is 0 Å². The normalized spacial score (nSPS) is 15.9. The molecule has 1 radical (unpaired) electrons. The van der Waals surface area contributed by atoms with Gasteiger partial charge < -0.3 is 0 Å². The third-order valence-corrected chi connectivity index (χ3v) is 3.24. The van der Waals surface area contributed by atoms with Gasteiger partial charge >= 0.3 is 0 Å². The molecule has 0 aliphatic heterocycles. The average Bonchev–Trinajstić information content (AvgIpc) is 2.29. The van der Waals surface area contributed by atoms with Crippen LogP contribution in [-0.2, 0) is 5.21 Å². The average molecular weight is 234 g/mol. The Morgan fingerprint density at radius 3 is 2.12 bits per heavy atom. The van der Waals surface area contributed by atoms with Crippen molar-refractivity contribution < 1.29 is 5.21 Å². The SMILES string of the molecule is CCC(C)C(c1ccccc1)N([O])C(C)(C)C. The number of benzene rings is 1. The van der Waals surface area contributed by atoms with Crippen LogP contribution in [0.1, 0.15) is 52.6 Å². The fraction of sp³-hybridized carbons (Fsp3) is 0.600. The molecule has 0 saturated heterocycles. The zero-order valence-corrected chi connectivity index (χ0v) is 11.6. The van der Waals surface area contributed by atoms with Crippen molar-refractivity contribution in [2.24, 2.45) is 5.92 Å². The lowest BCUT2D eigenvalue weighted by atomic mass is 9.89. The summed E-state index contributed by atoms with van der Waals surface area (Å²) >= 11 is 0. The minimum atomic E-state index is -0.357. The van der Waals surface area contributed by atoms with Crippen molar-refractivity contribution in [3.63, 3.8) is 0 Å². The standard InChI is InChI=1S/C15H24NO/c1-6-12(2)14(16(17)15(3,4)5)13-10-8-7-9-11-13/h7-12,14H,6H2,1-5H3. The molecule has 0 fully saturated rings. The minimum absolute atomic E-state index is 0.0544. The van der Waals surface area contributed by atoms with Gasteiger partial charge in [-0.15, -0.1) is 10.3 Å². The van der Waals surface area contributed by atoms with Gasteiger partial charge in [0.1, 0.15) is 0 Å². The minimum Gasteiger partial charge on any atom is -0.142 e. The number of nitrogens with zero attached hydrogens (tertiary/aromatic N) is 1. The van der Waals surface area contributed by atoms with Crippen molar-refractivity contribution in [1.82, 2.24) is 5.06 Å². The second kappa shape index (κ2) is 5.65. The molecule has 0 spiro atoms. The zero-order chi connectivity index (χ0) is 13.1. The molecule has 0 aliphatic rings. The highest BCUT2D eigenvalue weighted by atomic mass is 16.5. The number of hydroxylamine groups is 2. The van der Waals surface area contributed by atoms with E-state index in [1.807, 2.05) is 51.1 Å². The van der Waals surface area contributed by atoms with Crippen LogP contribution in [-0.4, -0.2) is 10.6 Å². The highest BCUT2D eigenvalue weighted by molar-refractivity contribution is 5.19. The molecule has 2 heteroatoms. The Labute approximate surface area is 105 Å². The Bertz CT molecular complexity index is 329. The van der Waals surface area contributed by atoms with Crippen molar-refractivity contribution in [2.75, 3.05) is 0 Å². The van der Waals surface area contributed by atoms with Crippen LogP contribution in [0.5, 0.6) is 0 Å². The summed E-state index contributed by atoms with van der Waals surface area (Å²) in [4.78, 5) is 0. The first-order valence-corrected chi connectivity index (χ1v) is 6.39. The summed E-state index contributed by atoms with van der Waals surface area (Å²) in [5, 5.41) is 13.7. The van der Waals surface area contributed by atoms with E-state index in [-0.39, 0.29) is 11.6 Å². The summed E-state index contributed by atoms with van der Waals surface area (Å²) in [6.45, 7) is 10.2. The van der Waals surface area contributed by atoms with Crippen molar-refractivity contribution in [1.29, 1.82) is 0 Å². The van der Waals surface area contributed by atoms with Crippen LogP contribution in [0.15, 0.2) is 30.3 Å². The molecule has 0 amide bonds. The third kappa shape index (κ3) is 3.55. The number of hydrogen-bond acceptors (Lipinski definition) is 1. The molecule has 0 aliphatic carbocycles. The summed E-state index contributed by atoms with van der Waals surface area (Å²) in [6.07, 6.45) is 1.01. The van der Waals surface area contributed by atoms with E-state index in [0.717, 1.165) is 12.0 Å². The van der Waals surface area contributed by atoms with Gasteiger partial charge in [-0.25, -0.2) is 0 Å². The first-order chi connectivity index (χ1) is 7.88. The largest absolute Gasteiger partial charge is 0.142 e. The molecule has 0 N–H and O–H groups in total. The highest BCUT2D eigenvalue weighted by Crippen LogP contribution is 2.34. The van der Waals surface area contributed by atoms with E-state index in [2.05, 4.69) is 13.8 Å². The molecule has 0 aromatic heterocycles. The summed E-state index contributed by atoms with van der Waals surface area (Å²) in [7, 11) is 0. The second-order valence-corrected chi connectivity index (χ2v) is 5.74. The summed E-state index contributed by atoms with van der Waals surface area (Å²) < 4.78 is 0. The Hall–Kier alpha value is -0.860. The van der Waals surface area contributed by atoms with E-state index in [4.69, 9.17) is 0 Å². The molecule has 2 nitrogen and oxygen atoms in total. The molecular formula is C15H24NO. The fourth-order valence-electron chi connectivity index (χ4n) is 1.99. The summed E-state index contributed by atoms with van der Waals surface area (Å²) in [5.74, 6) is 0.356. The maximum absolute atomic E-state index is 12.5. The molecule has 17 heavy (non-hydrogen) atoms. The number of hydrogen-bond donors (Lipinski definition) is 0. The predicted molar refractivity (Wildman–Crippen MR) is 70.9 cm³/mol. The molecule has 1 aromatic rings. The Morgan fingerprint density at radius 2 is 1.71 bits per heavy atom. The van der Waals surface area contributed by atoms with E-state index >= 15 is 0 Å². The smallest absolute Gasteiger partial charge is 0.0664 e. The van der Waals surface area contributed by atoms with Crippen molar-refractivity contribution in [3.8, 4) is 0 Å². The molecule has 1 aromatic carbocycles. The van der Waals surface area contributed by atoms with Crippen LogP contribution in [0, 0.1) is 5.92 Å². The fourth-order valence-corrected chi connectivity index (χ4v) is 1.99. The molecule has 0 bridgehead atoms.